The molecule has 2 rings (SSSR count). The zero-order valence-corrected chi connectivity index (χ0v) is 13.8. The first kappa shape index (κ1) is 14.4. The van der Waals surface area contributed by atoms with Gasteiger partial charge in [0.05, 0.1) is 19.9 Å². The number of thiophene rings is 1. The van der Waals surface area contributed by atoms with E-state index in [-0.39, 0.29) is 6.04 Å². The van der Waals surface area contributed by atoms with Gasteiger partial charge in [0, 0.05) is 4.88 Å². The summed E-state index contributed by atoms with van der Waals surface area (Å²) < 4.78 is 1.13. The number of rotatable bonds is 3. The van der Waals surface area contributed by atoms with Gasteiger partial charge in [-0.2, -0.15) is 0 Å². The van der Waals surface area contributed by atoms with Crippen molar-refractivity contribution < 1.29 is 0 Å². The summed E-state index contributed by atoms with van der Waals surface area (Å²) in [5.74, 6) is 0. The summed E-state index contributed by atoms with van der Waals surface area (Å²) in [6.07, 6.45) is 0. The molecule has 96 valence electrons. The van der Waals surface area contributed by atoms with E-state index in [9.17, 15) is 0 Å². The predicted molar refractivity (Wildman–Crippen MR) is 84.1 cm³/mol. The maximum Gasteiger partial charge on any atom is 0.0704 e. The summed E-state index contributed by atoms with van der Waals surface area (Å²) in [6, 6.07) is 8.02. The Hall–Kier alpha value is -0.0600. The second-order valence-electron chi connectivity index (χ2n) is 3.96. The average molecular weight is 365 g/mol. The van der Waals surface area contributed by atoms with Crippen molar-refractivity contribution in [3.8, 4) is 0 Å². The minimum absolute atomic E-state index is 0.127. The van der Waals surface area contributed by atoms with Crippen LogP contribution in [0.25, 0.3) is 0 Å². The topological polar surface area (TPSA) is 12.0 Å². The zero-order valence-electron chi connectivity index (χ0n) is 9.93. The van der Waals surface area contributed by atoms with Crippen molar-refractivity contribution in [1.29, 1.82) is 0 Å². The van der Waals surface area contributed by atoms with E-state index in [1.165, 1.54) is 10.4 Å². The second-order valence-corrected chi connectivity index (χ2v) is 7.41. The van der Waals surface area contributed by atoms with Crippen LogP contribution in [0.4, 0.5) is 0 Å². The molecule has 0 radical (unpaired) electrons. The molecule has 0 bridgehead atoms. The lowest BCUT2D eigenvalue weighted by atomic mass is 10.00. The summed E-state index contributed by atoms with van der Waals surface area (Å²) in [7, 11) is 1.94. The molecule has 0 saturated carbocycles. The van der Waals surface area contributed by atoms with Crippen LogP contribution < -0.4 is 5.32 Å². The Labute approximate surface area is 129 Å². The summed E-state index contributed by atoms with van der Waals surface area (Å²) in [6.45, 7) is 2.12. The van der Waals surface area contributed by atoms with Crippen LogP contribution in [0, 0.1) is 6.92 Å². The number of benzene rings is 1. The van der Waals surface area contributed by atoms with Gasteiger partial charge in [0.2, 0.25) is 0 Å². The molecule has 0 aliphatic heterocycles. The van der Waals surface area contributed by atoms with Gasteiger partial charge in [-0.25, -0.2) is 0 Å². The molecule has 1 nitrogen and oxygen atoms in total. The third-order valence-electron chi connectivity index (χ3n) is 2.80. The van der Waals surface area contributed by atoms with E-state index in [1.807, 2.05) is 25.2 Å². The molecule has 2 aromatic rings. The first-order chi connectivity index (χ1) is 8.52. The van der Waals surface area contributed by atoms with Crippen LogP contribution in [0.3, 0.4) is 0 Å². The zero-order chi connectivity index (χ0) is 13.3. The highest BCUT2D eigenvalue weighted by atomic mass is 79.9. The van der Waals surface area contributed by atoms with Crippen LogP contribution in [-0.4, -0.2) is 7.05 Å². The minimum Gasteiger partial charge on any atom is -0.309 e. The molecule has 1 unspecified atom stereocenters. The lowest BCUT2D eigenvalue weighted by Crippen LogP contribution is -2.17. The molecular weight excluding hydrogens is 353 g/mol. The molecule has 0 amide bonds. The maximum atomic E-state index is 6.08. The van der Waals surface area contributed by atoms with E-state index in [1.54, 1.807) is 11.3 Å². The van der Waals surface area contributed by atoms with Crippen molar-refractivity contribution in [3.05, 3.63) is 54.1 Å². The predicted octanol–water partition coefficient (Wildman–Crippen LogP) is 5.43. The van der Waals surface area contributed by atoms with Crippen molar-refractivity contribution >= 4 is 50.5 Å². The van der Waals surface area contributed by atoms with Gasteiger partial charge in [0.15, 0.2) is 0 Å². The number of halogens is 3. The molecule has 0 fully saturated rings. The molecule has 1 aromatic carbocycles. The standard InChI is InChI=1S/C13H12BrCl2NS/c1-7-9(6-12(14)18-7)13(17-2)8-3-4-10(15)11(16)5-8/h3-6,13,17H,1-2H3. The van der Waals surface area contributed by atoms with Crippen molar-refractivity contribution in [2.24, 2.45) is 0 Å². The second kappa shape index (κ2) is 5.93. The summed E-state index contributed by atoms with van der Waals surface area (Å²) in [5, 5.41) is 4.49. The van der Waals surface area contributed by atoms with Gasteiger partial charge >= 0.3 is 0 Å². The van der Waals surface area contributed by atoms with Crippen LogP contribution in [0.2, 0.25) is 10.0 Å². The Balaban J connectivity index is 2.45. The largest absolute Gasteiger partial charge is 0.309 e. The Morgan fingerprint density at radius 3 is 2.44 bits per heavy atom. The van der Waals surface area contributed by atoms with E-state index in [4.69, 9.17) is 23.2 Å². The molecule has 0 spiro atoms. The fraction of sp³-hybridized carbons (Fsp3) is 0.231. The number of hydrogen-bond acceptors (Lipinski definition) is 2. The normalized spacial score (nSPS) is 12.7. The van der Waals surface area contributed by atoms with Crippen molar-refractivity contribution in [3.63, 3.8) is 0 Å². The maximum absolute atomic E-state index is 6.08. The molecule has 0 aliphatic rings. The van der Waals surface area contributed by atoms with Crippen LogP contribution in [0.1, 0.15) is 22.0 Å². The van der Waals surface area contributed by atoms with Gasteiger partial charge in [0.1, 0.15) is 0 Å². The third kappa shape index (κ3) is 2.91. The number of aryl methyl sites for hydroxylation is 1. The molecule has 1 N–H and O–H groups in total. The lowest BCUT2D eigenvalue weighted by Gasteiger charge is -2.17. The lowest BCUT2D eigenvalue weighted by molar-refractivity contribution is 0.691. The van der Waals surface area contributed by atoms with Crippen molar-refractivity contribution in [1.82, 2.24) is 5.32 Å². The molecule has 1 atom stereocenters. The summed E-state index contributed by atoms with van der Waals surface area (Å²) >= 11 is 17.3. The molecular formula is C13H12BrCl2NS. The SMILES string of the molecule is CNC(c1ccc(Cl)c(Cl)c1)c1cc(Br)sc1C. The van der Waals surface area contributed by atoms with Gasteiger partial charge in [-0.1, -0.05) is 29.3 Å². The minimum atomic E-state index is 0.127. The monoisotopic (exact) mass is 363 g/mol. The van der Waals surface area contributed by atoms with E-state index in [0.29, 0.717) is 10.0 Å². The Morgan fingerprint density at radius 2 is 1.94 bits per heavy atom. The highest BCUT2D eigenvalue weighted by Gasteiger charge is 2.17. The highest BCUT2D eigenvalue weighted by Crippen LogP contribution is 2.35. The molecule has 5 heteroatoms. The quantitative estimate of drug-likeness (QED) is 0.765. The molecule has 1 aromatic heterocycles. The van der Waals surface area contributed by atoms with Gasteiger partial charge in [-0.05, 0) is 59.2 Å². The molecule has 0 saturated heterocycles. The van der Waals surface area contributed by atoms with E-state index < -0.39 is 0 Å². The summed E-state index contributed by atoms with van der Waals surface area (Å²) in [4.78, 5) is 1.28. The van der Waals surface area contributed by atoms with Crippen LogP contribution in [-0.2, 0) is 0 Å². The van der Waals surface area contributed by atoms with Crippen LogP contribution in [0.15, 0.2) is 28.1 Å². The van der Waals surface area contributed by atoms with Gasteiger partial charge < -0.3 is 5.32 Å². The van der Waals surface area contributed by atoms with E-state index in [2.05, 4.69) is 34.2 Å². The third-order valence-corrected chi connectivity index (χ3v) is 5.11. The number of nitrogens with one attached hydrogen (secondary N) is 1. The van der Waals surface area contributed by atoms with E-state index >= 15 is 0 Å². The smallest absolute Gasteiger partial charge is 0.0704 e. The Bertz CT molecular complexity index is 568. The molecule has 0 aliphatic carbocycles. The van der Waals surface area contributed by atoms with Crippen LogP contribution >= 0.6 is 50.5 Å². The van der Waals surface area contributed by atoms with Crippen molar-refractivity contribution in [2.75, 3.05) is 7.05 Å². The summed E-state index contributed by atoms with van der Waals surface area (Å²) in [5.41, 5.74) is 2.37. The van der Waals surface area contributed by atoms with Crippen molar-refractivity contribution in [2.45, 2.75) is 13.0 Å². The van der Waals surface area contributed by atoms with Gasteiger partial charge in [-0.15, -0.1) is 11.3 Å². The fourth-order valence-electron chi connectivity index (χ4n) is 1.94. The molecule has 18 heavy (non-hydrogen) atoms. The first-order valence-electron chi connectivity index (χ1n) is 5.41. The van der Waals surface area contributed by atoms with Gasteiger partial charge in [-0.3, -0.25) is 0 Å². The van der Waals surface area contributed by atoms with Crippen LogP contribution in [0.5, 0.6) is 0 Å². The van der Waals surface area contributed by atoms with E-state index in [0.717, 1.165) is 9.35 Å². The fourth-order valence-corrected chi connectivity index (χ4v) is 3.99. The Kier molecular flexibility index (Phi) is 4.73. The average Bonchev–Trinajstić information content (AvgIpc) is 2.64. The Morgan fingerprint density at radius 1 is 1.22 bits per heavy atom. The van der Waals surface area contributed by atoms with Gasteiger partial charge in [0.25, 0.3) is 0 Å². The highest BCUT2D eigenvalue weighted by molar-refractivity contribution is 9.11. The molecule has 1 heterocycles. The number of hydrogen-bond donors (Lipinski definition) is 1. The first-order valence-corrected chi connectivity index (χ1v) is 7.77.